The summed E-state index contributed by atoms with van der Waals surface area (Å²) in [6.07, 6.45) is 6.27. The summed E-state index contributed by atoms with van der Waals surface area (Å²) in [5.41, 5.74) is 0.359. The number of ether oxygens (including phenoxy) is 5. The zero-order valence-corrected chi connectivity index (χ0v) is 39.8. The number of thioether (sulfide) groups is 1. The van der Waals surface area contributed by atoms with Crippen molar-refractivity contribution in [2.45, 2.75) is 154 Å². The van der Waals surface area contributed by atoms with Crippen LogP contribution in [0.4, 0.5) is 4.79 Å². The molecule has 4 fully saturated rings. The number of hydrogen-bond acceptors (Lipinski definition) is 13. The molecule has 0 aromatic rings. The number of allylic oxidation sites excluding steroid dienone is 1. The molecule has 3 aliphatic heterocycles. The second kappa shape index (κ2) is 23.4. The van der Waals surface area contributed by atoms with Crippen molar-refractivity contribution >= 4 is 53.2 Å². The minimum atomic E-state index is -1.00. The van der Waals surface area contributed by atoms with Crippen LogP contribution >= 0.6 is 11.8 Å². The standard InChI is InChI=1S/C45H73N5O12S/c1-26(2)13-14-36-44(8,62-36)40-39(58-9)35(15-17-45(40)25-60-45)61-43(57)49-32(28(5)6)24-59-38(54)23-47-42(56)31(16-19-63-10)48-37(53)22-46-41(55)30(20-27(3)4)21-34(52)33-12-11-18-50(33)29(7)51/h13,27-28,30-33,35-36,39-40H,11-12,14-25H2,1-10H3,(H,46,55)(H,47,56)(H,48,53)(H,49,57)/t30-,31+,32+,33+,35-,36-,39-,40-,44+,45+/m1/s1. The van der Waals surface area contributed by atoms with Crippen LogP contribution in [0.3, 0.4) is 0 Å². The van der Waals surface area contributed by atoms with Gasteiger partial charge in [0.05, 0.1) is 37.3 Å². The molecule has 63 heavy (non-hydrogen) atoms. The third-order valence-electron chi connectivity index (χ3n) is 12.7. The fourth-order valence-corrected chi connectivity index (χ4v) is 9.55. The van der Waals surface area contributed by atoms with Crippen molar-refractivity contribution in [3.63, 3.8) is 0 Å². The van der Waals surface area contributed by atoms with Crippen LogP contribution in [0.2, 0.25) is 0 Å². The lowest BCUT2D eigenvalue weighted by Gasteiger charge is -2.42. The molecule has 3 heterocycles. The number of carbonyl (C=O) groups excluding carboxylic acids is 7. The van der Waals surface area contributed by atoms with E-state index in [2.05, 4.69) is 48.1 Å². The highest BCUT2D eigenvalue weighted by atomic mass is 32.2. The van der Waals surface area contributed by atoms with E-state index in [0.717, 1.165) is 12.8 Å². The zero-order chi connectivity index (χ0) is 46.6. The number of amides is 5. The van der Waals surface area contributed by atoms with Crippen LogP contribution in [0.15, 0.2) is 11.6 Å². The van der Waals surface area contributed by atoms with Crippen molar-refractivity contribution in [3.05, 3.63) is 11.6 Å². The van der Waals surface area contributed by atoms with Gasteiger partial charge < -0.3 is 49.9 Å². The molecular weight excluding hydrogens is 835 g/mol. The minimum absolute atomic E-state index is 0.00978. The van der Waals surface area contributed by atoms with Gasteiger partial charge in [0, 0.05) is 32.9 Å². The van der Waals surface area contributed by atoms with Crippen molar-refractivity contribution < 1.29 is 57.2 Å². The second-order valence-electron chi connectivity index (χ2n) is 18.7. The molecule has 18 heteroatoms. The average Bonchev–Trinajstić information content (AvgIpc) is 4.07. The van der Waals surface area contributed by atoms with Gasteiger partial charge in [0.2, 0.25) is 23.6 Å². The Morgan fingerprint density at radius 3 is 2.27 bits per heavy atom. The summed E-state index contributed by atoms with van der Waals surface area (Å²) in [5, 5.41) is 10.6. The van der Waals surface area contributed by atoms with E-state index in [1.54, 1.807) is 12.0 Å². The largest absolute Gasteiger partial charge is 0.462 e. The van der Waals surface area contributed by atoms with Crippen LogP contribution in [-0.4, -0.2) is 146 Å². The first-order chi connectivity index (χ1) is 29.7. The Hall–Kier alpha value is -3.74. The van der Waals surface area contributed by atoms with Gasteiger partial charge in [-0.2, -0.15) is 11.8 Å². The first-order valence-corrected chi connectivity index (χ1v) is 23.9. The lowest BCUT2D eigenvalue weighted by atomic mass is 9.68. The number of esters is 1. The van der Waals surface area contributed by atoms with Crippen LogP contribution in [0, 0.1) is 23.7 Å². The molecule has 3 saturated heterocycles. The molecule has 0 unspecified atom stereocenters. The van der Waals surface area contributed by atoms with Gasteiger partial charge in [-0.05, 0) is 89.6 Å². The van der Waals surface area contributed by atoms with E-state index in [1.165, 1.54) is 24.3 Å². The van der Waals surface area contributed by atoms with E-state index in [1.807, 2.05) is 34.0 Å². The van der Waals surface area contributed by atoms with Crippen molar-refractivity contribution in [2.24, 2.45) is 23.7 Å². The molecule has 4 rings (SSSR count). The highest BCUT2D eigenvalue weighted by Crippen LogP contribution is 2.59. The number of methoxy groups -OCH3 is 1. The van der Waals surface area contributed by atoms with E-state index in [4.69, 9.17) is 23.7 Å². The highest BCUT2D eigenvalue weighted by Gasteiger charge is 2.72. The van der Waals surface area contributed by atoms with E-state index in [9.17, 15) is 33.6 Å². The first kappa shape index (κ1) is 51.9. The van der Waals surface area contributed by atoms with E-state index in [0.29, 0.717) is 44.6 Å². The highest BCUT2D eigenvalue weighted by molar-refractivity contribution is 7.98. The smallest absolute Gasteiger partial charge is 0.407 e. The molecule has 356 valence electrons. The molecule has 1 spiro atoms. The predicted molar refractivity (Wildman–Crippen MR) is 236 cm³/mol. The van der Waals surface area contributed by atoms with Crippen LogP contribution in [0.1, 0.15) is 107 Å². The molecule has 4 N–H and O–H groups in total. The van der Waals surface area contributed by atoms with Crippen LogP contribution in [0.5, 0.6) is 0 Å². The average molecular weight is 908 g/mol. The summed E-state index contributed by atoms with van der Waals surface area (Å²) in [7, 11) is 1.61. The molecule has 0 aromatic carbocycles. The number of nitrogens with zero attached hydrogens (tertiary/aromatic N) is 1. The molecule has 1 saturated carbocycles. The minimum Gasteiger partial charge on any atom is -0.462 e. The fourth-order valence-electron chi connectivity index (χ4n) is 9.08. The maximum absolute atomic E-state index is 13.3. The lowest BCUT2D eigenvalue weighted by Crippen LogP contribution is -2.56. The maximum Gasteiger partial charge on any atom is 0.407 e. The quantitative estimate of drug-likeness (QED) is 0.0620. The summed E-state index contributed by atoms with van der Waals surface area (Å²) in [6, 6.07) is -2.16. The Labute approximate surface area is 377 Å². The molecule has 1 aliphatic carbocycles. The number of ketones is 1. The topological polar surface area (TPSA) is 224 Å². The SMILES string of the molecule is CO[C@@H]1[C@H](OC(=O)N[C@@H](COC(=O)CNC(=O)[C@H](CCSC)NC(=O)CNC(=O)[C@@H](CC(=O)[C@@H]2CCCN2C(C)=O)CC(C)C)C(C)C)CC[C@]2(CO2)[C@H]1[C@@]1(C)O[C@@H]1CC=C(C)C. The molecule has 5 amide bonds. The number of likely N-dealkylation sites (tertiary alicyclic amines) is 1. The summed E-state index contributed by atoms with van der Waals surface area (Å²) in [4.78, 5) is 92.4. The number of carbonyl (C=O) groups is 7. The Bertz CT molecular complexity index is 1670. The Morgan fingerprint density at radius 2 is 1.67 bits per heavy atom. The number of rotatable bonds is 24. The molecule has 0 bridgehead atoms. The van der Waals surface area contributed by atoms with Gasteiger partial charge in [0.1, 0.15) is 42.6 Å². The number of alkyl carbamates (subject to hydrolysis) is 1. The Balaban J connectivity index is 1.24. The third kappa shape index (κ3) is 14.6. The van der Waals surface area contributed by atoms with Gasteiger partial charge >= 0.3 is 12.1 Å². The van der Waals surface area contributed by atoms with Crippen LogP contribution in [-0.2, 0) is 52.5 Å². The first-order valence-electron chi connectivity index (χ1n) is 22.5. The van der Waals surface area contributed by atoms with Gasteiger partial charge in [-0.1, -0.05) is 39.3 Å². The normalized spacial score (nSPS) is 27.5. The summed E-state index contributed by atoms with van der Waals surface area (Å²) < 4.78 is 29.7. The second-order valence-corrected chi connectivity index (χ2v) is 19.7. The summed E-state index contributed by atoms with van der Waals surface area (Å²) in [5.74, 6) is -3.12. The number of nitrogens with one attached hydrogen (secondary N) is 4. The van der Waals surface area contributed by atoms with E-state index in [-0.39, 0.29) is 60.6 Å². The number of Topliss-reactive ketones (excluding diaryl/α,β-unsaturated/α-hetero) is 1. The molecular formula is C45H73N5O12S. The molecule has 4 aliphatic rings. The molecule has 17 nitrogen and oxygen atoms in total. The summed E-state index contributed by atoms with van der Waals surface area (Å²) >= 11 is 1.47. The number of hydrogen-bond donors (Lipinski definition) is 4. The van der Waals surface area contributed by atoms with Gasteiger partial charge in [-0.3, -0.25) is 28.8 Å². The van der Waals surface area contributed by atoms with Crippen molar-refractivity contribution in [1.29, 1.82) is 0 Å². The van der Waals surface area contributed by atoms with Crippen molar-refractivity contribution in [3.8, 4) is 0 Å². The Morgan fingerprint density at radius 1 is 0.968 bits per heavy atom. The zero-order valence-electron chi connectivity index (χ0n) is 39.0. The molecule has 0 aromatic heterocycles. The third-order valence-corrected chi connectivity index (χ3v) is 13.4. The van der Waals surface area contributed by atoms with E-state index >= 15 is 0 Å². The maximum atomic E-state index is 13.3. The lowest BCUT2D eigenvalue weighted by molar-refractivity contribution is -0.145. The predicted octanol–water partition coefficient (Wildman–Crippen LogP) is 3.46. The number of epoxide rings is 2. The van der Waals surface area contributed by atoms with Gasteiger partial charge in [0.15, 0.2) is 5.78 Å². The van der Waals surface area contributed by atoms with Gasteiger partial charge in [0.25, 0.3) is 0 Å². The van der Waals surface area contributed by atoms with E-state index < -0.39 is 84.7 Å². The molecule has 0 radical (unpaired) electrons. The summed E-state index contributed by atoms with van der Waals surface area (Å²) in [6.45, 7) is 15.3. The van der Waals surface area contributed by atoms with Gasteiger partial charge in [-0.15, -0.1) is 0 Å². The fraction of sp³-hybridized carbons (Fsp3) is 0.800. The monoisotopic (exact) mass is 907 g/mol. The molecule has 10 atom stereocenters. The van der Waals surface area contributed by atoms with Crippen LogP contribution in [0.25, 0.3) is 0 Å². The van der Waals surface area contributed by atoms with Crippen molar-refractivity contribution in [2.75, 3.05) is 52.0 Å². The van der Waals surface area contributed by atoms with Crippen LogP contribution < -0.4 is 21.3 Å². The Kier molecular flexibility index (Phi) is 19.3. The van der Waals surface area contributed by atoms with Gasteiger partial charge in [-0.25, -0.2) is 4.79 Å². The van der Waals surface area contributed by atoms with Crippen molar-refractivity contribution in [1.82, 2.24) is 26.2 Å².